The van der Waals surface area contributed by atoms with Gasteiger partial charge in [-0.2, -0.15) is 0 Å². The molecule has 2 aromatic rings. The van der Waals surface area contributed by atoms with Crippen LogP contribution in [0.5, 0.6) is 0 Å². The second-order valence-electron chi connectivity index (χ2n) is 5.58. The third-order valence-electron chi connectivity index (χ3n) is 4.07. The molecule has 1 aliphatic heterocycles. The van der Waals surface area contributed by atoms with Crippen molar-refractivity contribution in [3.05, 3.63) is 34.9 Å². The van der Waals surface area contributed by atoms with Gasteiger partial charge in [0.05, 0.1) is 5.52 Å². The second-order valence-corrected chi connectivity index (χ2v) is 6.02. The molecule has 0 bridgehead atoms. The molecule has 0 spiro atoms. The van der Waals surface area contributed by atoms with E-state index in [0.29, 0.717) is 0 Å². The lowest BCUT2D eigenvalue weighted by Crippen LogP contribution is -2.48. The highest BCUT2D eigenvalue weighted by Gasteiger charge is 2.17. The van der Waals surface area contributed by atoms with Gasteiger partial charge in [-0.15, -0.1) is 0 Å². The van der Waals surface area contributed by atoms with Crippen LogP contribution >= 0.6 is 11.6 Å². The third-order valence-corrected chi connectivity index (χ3v) is 4.29. The van der Waals surface area contributed by atoms with Gasteiger partial charge in [0.2, 0.25) is 0 Å². The molecule has 1 saturated heterocycles. The van der Waals surface area contributed by atoms with Crippen LogP contribution in [0.4, 0.5) is 5.82 Å². The van der Waals surface area contributed by atoms with Crippen molar-refractivity contribution in [3.8, 4) is 0 Å². The van der Waals surface area contributed by atoms with E-state index in [4.69, 9.17) is 22.3 Å². The first-order valence-corrected chi connectivity index (χ1v) is 7.79. The quantitative estimate of drug-likeness (QED) is 0.945. The summed E-state index contributed by atoms with van der Waals surface area (Å²) in [6, 6.07) is 8.15. The monoisotopic (exact) mass is 304 g/mol. The molecule has 3 rings (SSSR count). The SMILES string of the molecule is Cc1cc(Cl)cc2ccc(N3CCN(CCN)CC3)nc12. The van der Waals surface area contributed by atoms with Gasteiger partial charge in [-0.25, -0.2) is 4.98 Å². The molecule has 0 radical (unpaired) electrons. The standard InChI is InChI=1S/C16H21ClN4/c1-12-10-14(17)11-13-2-3-15(19-16(12)13)21-8-6-20(5-4-18)7-9-21/h2-3,10-11H,4-9,18H2,1H3. The first-order chi connectivity index (χ1) is 10.2. The van der Waals surface area contributed by atoms with E-state index in [1.165, 1.54) is 0 Å². The Morgan fingerprint density at radius 1 is 1.19 bits per heavy atom. The molecular weight excluding hydrogens is 284 g/mol. The van der Waals surface area contributed by atoms with Crippen molar-refractivity contribution in [2.45, 2.75) is 6.92 Å². The van der Waals surface area contributed by atoms with E-state index in [1.807, 2.05) is 12.1 Å². The number of nitrogens with two attached hydrogens (primary N) is 1. The maximum absolute atomic E-state index is 6.10. The Kier molecular flexibility index (Phi) is 4.29. The van der Waals surface area contributed by atoms with Crippen LogP contribution in [0.2, 0.25) is 5.02 Å². The van der Waals surface area contributed by atoms with Gasteiger partial charge in [-0.05, 0) is 36.8 Å². The first kappa shape index (κ1) is 14.6. The van der Waals surface area contributed by atoms with E-state index >= 15 is 0 Å². The highest BCUT2D eigenvalue weighted by molar-refractivity contribution is 6.31. The van der Waals surface area contributed by atoms with E-state index in [9.17, 15) is 0 Å². The van der Waals surface area contributed by atoms with Crippen molar-refractivity contribution in [1.29, 1.82) is 0 Å². The average molecular weight is 305 g/mol. The summed E-state index contributed by atoms with van der Waals surface area (Å²) >= 11 is 6.10. The van der Waals surface area contributed by atoms with Gasteiger partial charge in [0.1, 0.15) is 5.82 Å². The fourth-order valence-corrected chi connectivity index (χ4v) is 3.20. The first-order valence-electron chi connectivity index (χ1n) is 7.41. The summed E-state index contributed by atoms with van der Waals surface area (Å²) in [6.07, 6.45) is 0. The topological polar surface area (TPSA) is 45.4 Å². The molecule has 0 amide bonds. The summed E-state index contributed by atoms with van der Waals surface area (Å²) < 4.78 is 0. The number of aromatic nitrogens is 1. The molecule has 21 heavy (non-hydrogen) atoms. The van der Waals surface area contributed by atoms with Gasteiger partial charge < -0.3 is 10.6 Å². The fourth-order valence-electron chi connectivity index (χ4n) is 2.92. The summed E-state index contributed by atoms with van der Waals surface area (Å²) in [6.45, 7) is 7.89. The van der Waals surface area contributed by atoms with Gasteiger partial charge in [0, 0.05) is 49.7 Å². The third kappa shape index (κ3) is 3.12. The molecule has 2 N–H and O–H groups in total. The minimum absolute atomic E-state index is 0.730. The second kappa shape index (κ2) is 6.18. The summed E-state index contributed by atoms with van der Waals surface area (Å²) in [5.74, 6) is 1.06. The number of hydrogen-bond acceptors (Lipinski definition) is 4. The van der Waals surface area contributed by atoms with Crippen molar-refractivity contribution in [2.24, 2.45) is 5.73 Å². The molecule has 112 valence electrons. The normalized spacial score (nSPS) is 16.6. The van der Waals surface area contributed by atoms with Crippen molar-refractivity contribution in [2.75, 3.05) is 44.2 Å². The van der Waals surface area contributed by atoms with Crippen LogP contribution in [0.15, 0.2) is 24.3 Å². The predicted molar refractivity (Wildman–Crippen MR) is 89.2 cm³/mol. The number of fused-ring (bicyclic) bond motifs is 1. The highest BCUT2D eigenvalue weighted by atomic mass is 35.5. The lowest BCUT2D eigenvalue weighted by Gasteiger charge is -2.35. The molecule has 1 aliphatic rings. The highest BCUT2D eigenvalue weighted by Crippen LogP contribution is 2.25. The minimum Gasteiger partial charge on any atom is -0.354 e. The number of anilines is 1. The van der Waals surface area contributed by atoms with E-state index < -0.39 is 0 Å². The molecule has 1 aromatic heterocycles. The van der Waals surface area contributed by atoms with Crippen molar-refractivity contribution in [3.63, 3.8) is 0 Å². The summed E-state index contributed by atoms with van der Waals surface area (Å²) in [5.41, 5.74) is 7.79. The van der Waals surface area contributed by atoms with Gasteiger partial charge in [0.15, 0.2) is 0 Å². The van der Waals surface area contributed by atoms with E-state index in [0.717, 1.165) is 66.6 Å². The van der Waals surface area contributed by atoms with E-state index in [1.54, 1.807) is 0 Å². The molecule has 4 nitrogen and oxygen atoms in total. The van der Waals surface area contributed by atoms with Gasteiger partial charge >= 0.3 is 0 Å². The van der Waals surface area contributed by atoms with Crippen molar-refractivity contribution < 1.29 is 0 Å². The minimum atomic E-state index is 0.730. The molecule has 0 atom stereocenters. The zero-order valence-corrected chi connectivity index (χ0v) is 13.1. The number of benzene rings is 1. The fraction of sp³-hybridized carbons (Fsp3) is 0.438. The molecule has 1 fully saturated rings. The van der Waals surface area contributed by atoms with Crippen LogP contribution in [0.25, 0.3) is 10.9 Å². The molecule has 0 saturated carbocycles. The molecule has 5 heteroatoms. The Morgan fingerprint density at radius 3 is 2.67 bits per heavy atom. The number of rotatable bonds is 3. The maximum Gasteiger partial charge on any atom is 0.129 e. The van der Waals surface area contributed by atoms with Crippen LogP contribution in [0, 0.1) is 6.92 Å². The number of halogens is 1. The number of nitrogens with zero attached hydrogens (tertiary/aromatic N) is 3. The number of pyridine rings is 1. The average Bonchev–Trinajstić information content (AvgIpc) is 2.48. The zero-order valence-electron chi connectivity index (χ0n) is 12.3. The van der Waals surface area contributed by atoms with Crippen LogP contribution in [0.3, 0.4) is 0 Å². The summed E-state index contributed by atoms with van der Waals surface area (Å²) in [5, 5.41) is 1.87. The van der Waals surface area contributed by atoms with Crippen LogP contribution in [0.1, 0.15) is 5.56 Å². The summed E-state index contributed by atoms with van der Waals surface area (Å²) in [7, 11) is 0. The van der Waals surface area contributed by atoms with Gasteiger partial charge in [-0.1, -0.05) is 11.6 Å². The Balaban J connectivity index is 1.82. The number of piperazine rings is 1. The van der Waals surface area contributed by atoms with Crippen LogP contribution in [-0.2, 0) is 0 Å². The predicted octanol–water partition coefficient (Wildman–Crippen LogP) is 2.28. The van der Waals surface area contributed by atoms with Crippen molar-refractivity contribution >= 4 is 28.3 Å². The van der Waals surface area contributed by atoms with Crippen LogP contribution in [-0.4, -0.2) is 49.2 Å². The molecule has 0 aliphatic carbocycles. The van der Waals surface area contributed by atoms with Gasteiger partial charge in [-0.3, -0.25) is 4.90 Å². The summed E-state index contributed by atoms with van der Waals surface area (Å²) in [4.78, 5) is 9.59. The lowest BCUT2D eigenvalue weighted by molar-refractivity contribution is 0.264. The number of hydrogen-bond donors (Lipinski definition) is 1. The lowest BCUT2D eigenvalue weighted by atomic mass is 10.1. The smallest absolute Gasteiger partial charge is 0.129 e. The largest absolute Gasteiger partial charge is 0.354 e. The Labute approximate surface area is 130 Å². The van der Waals surface area contributed by atoms with Gasteiger partial charge in [0.25, 0.3) is 0 Å². The Hall–Kier alpha value is -1.36. The van der Waals surface area contributed by atoms with E-state index in [2.05, 4.69) is 28.9 Å². The maximum atomic E-state index is 6.10. The molecule has 2 heterocycles. The van der Waals surface area contributed by atoms with Crippen molar-refractivity contribution in [1.82, 2.24) is 9.88 Å². The zero-order chi connectivity index (χ0) is 14.8. The van der Waals surface area contributed by atoms with Crippen LogP contribution < -0.4 is 10.6 Å². The Bertz CT molecular complexity index is 635. The Morgan fingerprint density at radius 2 is 1.95 bits per heavy atom. The van der Waals surface area contributed by atoms with E-state index in [-0.39, 0.29) is 0 Å². The number of aryl methyl sites for hydroxylation is 1. The molecular formula is C16H21ClN4. The molecule has 1 aromatic carbocycles. The molecule has 0 unspecified atom stereocenters.